The highest BCUT2D eigenvalue weighted by Gasteiger charge is 2.50. The number of hydrogen-bond donors (Lipinski definition) is 2. The Balaban J connectivity index is 1.48. The van der Waals surface area contributed by atoms with E-state index in [-0.39, 0.29) is 17.5 Å². The van der Waals surface area contributed by atoms with Crippen molar-refractivity contribution in [2.24, 2.45) is 0 Å². The number of halogens is 1. The summed E-state index contributed by atoms with van der Waals surface area (Å²) in [4.78, 5) is 15.1. The molecule has 32 heavy (non-hydrogen) atoms. The molecular weight excluding hydrogens is 426 g/mol. The number of aryl methyl sites for hydroxylation is 1. The predicted octanol–water partition coefficient (Wildman–Crippen LogP) is 4.98. The fourth-order valence-corrected chi connectivity index (χ4v) is 5.73. The van der Waals surface area contributed by atoms with Crippen LogP contribution in [0.2, 0.25) is 5.02 Å². The number of likely N-dealkylation sites (N-methyl/N-ethyl adjacent to an activating group) is 1. The topological polar surface area (TPSA) is 62.8 Å². The number of hydrogen-bond acceptors (Lipinski definition) is 4. The van der Waals surface area contributed by atoms with Crippen molar-refractivity contribution < 1.29 is 14.3 Å². The van der Waals surface area contributed by atoms with Gasteiger partial charge in [0.1, 0.15) is 0 Å². The standard InChI is InChI=1S/C25H32ClN3O3/c1-16-13-18(26)6-7-20(16)28-24(30)27-19-9-10-25(11-12-29(2)23(25)15-19)17-5-8-21(31-3)22(14-17)32-4/h5-8,13-14,19,23H,9-12,15H2,1-4H3,(H2,27,28,30)/t19-,23+,25-/m0/s1. The van der Waals surface area contributed by atoms with Crippen molar-refractivity contribution in [3.63, 3.8) is 0 Å². The molecule has 2 aromatic rings. The van der Waals surface area contributed by atoms with Crippen LogP contribution in [0.5, 0.6) is 11.5 Å². The van der Waals surface area contributed by atoms with Crippen LogP contribution in [0.3, 0.4) is 0 Å². The number of benzene rings is 2. The van der Waals surface area contributed by atoms with Crippen LogP contribution in [0, 0.1) is 6.92 Å². The number of amides is 2. The molecule has 4 rings (SSSR count). The highest BCUT2D eigenvalue weighted by Crippen LogP contribution is 2.49. The van der Waals surface area contributed by atoms with Crippen molar-refractivity contribution in [3.8, 4) is 11.5 Å². The molecule has 1 aliphatic carbocycles. The molecule has 2 amide bonds. The van der Waals surface area contributed by atoms with Crippen molar-refractivity contribution in [1.82, 2.24) is 10.2 Å². The molecule has 0 unspecified atom stereocenters. The molecule has 7 heteroatoms. The largest absolute Gasteiger partial charge is 0.493 e. The van der Waals surface area contributed by atoms with Gasteiger partial charge in [-0.05, 0) is 87.7 Å². The van der Waals surface area contributed by atoms with Crippen molar-refractivity contribution in [2.45, 2.75) is 50.1 Å². The number of rotatable bonds is 5. The summed E-state index contributed by atoms with van der Waals surface area (Å²) in [6.45, 7) is 2.98. The fourth-order valence-electron chi connectivity index (χ4n) is 5.51. The van der Waals surface area contributed by atoms with E-state index in [0.29, 0.717) is 11.1 Å². The first-order chi connectivity index (χ1) is 15.4. The van der Waals surface area contributed by atoms with E-state index >= 15 is 0 Å². The average Bonchev–Trinajstić information content (AvgIpc) is 3.12. The molecule has 0 spiro atoms. The first-order valence-electron chi connectivity index (χ1n) is 11.1. The summed E-state index contributed by atoms with van der Waals surface area (Å²) in [7, 11) is 5.53. The Kier molecular flexibility index (Phi) is 6.54. The minimum Gasteiger partial charge on any atom is -0.493 e. The van der Waals surface area contributed by atoms with Gasteiger partial charge in [-0.15, -0.1) is 0 Å². The van der Waals surface area contributed by atoms with Gasteiger partial charge in [0, 0.05) is 28.2 Å². The fraction of sp³-hybridized carbons (Fsp3) is 0.480. The third-order valence-corrected chi connectivity index (χ3v) is 7.49. The van der Waals surface area contributed by atoms with E-state index < -0.39 is 0 Å². The summed E-state index contributed by atoms with van der Waals surface area (Å²) in [5, 5.41) is 6.83. The van der Waals surface area contributed by atoms with Gasteiger partial charge in [-0.3, -0.25) is 0 Å². The van der Waals surface area contributed by atoms with E-state index in [1.165, 1.54) is 5.56 Å². The Hall–Kier alpha value is -2.44. The van der Waals surface area contributed by atoms with E-state index in [1.807, 2.05) is 25.1 Å². The molecule has 172 valence electrons. The summed E-state index contributed by atoms with van der Waals surface area (Å²) in [6, 6.07) is 12.1. The first-order valence-corrected chi connectivity index (χ1v) is 11.5. The van der Waals surface area contributed by atoms with Gasteiger partial charge in [-0.2, -0.15) is 0 Å². The van der Waals surface area contributed by atoms with Gasteiger partial charge in [0.05, 0.1) is 14.2 Å². The quantitative estimate of drug-likeness (QED) is 0.664. The highest BCUT2D eigenvalue weighted by molar-refractivity contribution is 6.30. The van der Waals surface area contributed by atoms with E-state index in [2.05, 4.69) is 34.7 Å². The van der Waals surface area contributed by atoms with Gasteiger partial charge in [-0.25, -0.2) is 4.79 Å². The van der Waals surface area contributed by atoms with E-state index in [0.717, 1.165) is 55.0 Å². The van der Waals surface area contributed by atoms with Crippen LogP contribution >= 0.6 is 11.6 Å². The van der Waals surface area contributed by atoms with Crippen LogP contribution in [0.15, 0.2) is 36.4 Å². The second-order valence-electron chi connectivity index (χ2n) is 9.00. The maximum absolute atomic E-state index is 12.7. The molecule has 1 saturated heterocycles. The van der Waals surface area contributed by atoms with E-state index in [1.54, 1.807) is 20.3 Å². The lowest BCUT2D eigenvalue weighted by atomic mass is 9.65. The zero-order chi connectivity index (χ0) is 22.9. The van der Waals surface area contributed by atoms with Crippen molar-refractivity contribution in [2.75, 3.05) is 33.1 Å². The minimum atomic E-state index is -0.167. The van der Waals surface area contributed by atoms with Crippen LogP contribution in [-0.4, -0.2) is 50.8 Å². The lowest BCUT2D eigenvalue weighted by Crippen LogP contribution is -2.52. The summed E-state index contributed by atoms with van der Waals surface area (Å²) in [6.07, 6.45) is 3.97. The predicted molar refractivity (Wildman–Crippen MR) is 128 cm³/mol. The molecule has 2 N–H and O–H groups in total. The molecule has 1 aliphatic heterocycles. The normalized spacial score (nSPS) is 25.2. The number of carbonyl (C=O) groups excluding carboxylic acids is 1. The maximum Gasteiger partial charge on any atom is 0.319 e. The third-order valence-electron chi connectivity index (χ3n) is 7.26. The minimum absolute atomic E-state index is 0.0652. The highest BCUT2D eigenvalue weighted by atomic mass is 35.5. The Bertz CT molecular complexity index is 998. The van der Waals surface area contributed by atoms with Gasteiger partial charge < -0.3 is 25.0 Å². The molecule has 3 atom stereocenters. The van der Waals surface area contributed by atoms with Crippen LogP contribution in [0.25, 0.3) is 0 Å². The number of fused-ring (bicyclic) bond motifs is 1. The zero-order valence-corrected chi connectivity index (χ0v) is 20.0. The molecule has 0 aromatic heterocycles. The van der Waals surface area contributed by atoms with Gasteiger partial charge in [-0.1, -0.05) is 17.7 Å². The number of ether oxygens (including phenoxy) is 2. The lowest BCUT2D eigenvalue weighted by molar-refractivity contribution is 0.156. The zero-order valence-electron chi connectivity index (χ0n) is 19.2. The Morgan fingerprint density at radius 1 is 1.12 bits per heavy atom. The SMILES string of the molecule is COc1ccc([C@@]23CC[C@H](NC(=O)Nc4ccc(Cl)cc4C)C[C@H]2N(C)CC3)cc1OC. The smallest absolute Gasteiger partial charge is 0.319 e. The number of carbonyl (C=O) groups is 1. The number of likely N-dealkylation sites (tertiary alicyclic amines) is 1. The van der Waals surface area contributed by atoms with Gasteiger partial charge in [0.25, 0.3) is 0 Å². The van der Waals surface area contributed by atoms with Crippen molar-refractivity contribution in [1.29, 1.82) is 0 Å². The Labute approximate surface area is 195 Å². The second-order valence-corrected chi connectivity index (χ2v) is 9.44. The maximum atomic E-state index is 12.7. The summed E-state index contributed by atoms with van der Waals surface area (Å²) < 4.78 is 11.0. The van der Waals surface area contributed by atoms with Crippen LogP contribution in [0.4, 0.5) is 10.5 Å². The van der Waals surface area contributed by atoms with Crippen LogP contribution in [0.1, 0.15) is 36.8 Å². The molecule has 2 fully saturated rings. The van der Waals surface area contributed by atoms with Crippen LogP contribution < -0.4 is 20.1 Å². The van der Waals surface area contributed by atoms with Crippen LogP contribution in [-0.2, 0) is 5.41 Å². The van der Waals surface area contributed by atoms with Crippen molar-refractivity contribution in [3.05, 3.63) is 52.5 Å². The second kappa shape index (κ2) is 9.20. The first kappa shape index (κ1) is 22.7. The van der Waals surface area contributed by atoms with Gasteiger partial charge in [0.15, 0.2) is 11.5 Å². The number of anilines is 1. The monoisotopic (exact) mass is 457 g/mol. The Morgan fingerprint density at radius 2 is 1.91 bits per heavy atom. The molecule has 2 aliphatic rings. The summed E-state index contributed by atoms with van der Waals surface area (Å²) in [5.74, 6) is 1.52. The Morgan fingerprint density at radius 3 is 2.62 bits per heavy atom. The molecule has 0 radical (unpaired) electrons. The lowest BCUT2D eigenvalue weighted by Gasteiger charge is -2.45. The molecular formula is C25H32ClN3O3. The van der Waals surface area contributed by atoms with Crippen molar-refractivity contribution >= 4 is 23.3 Å². The van der Waals surface area contributed by atoms with E-state index in [9.17, 15) is 4.79 Å². The number of methoxy groups -OCH3 is 2. The number of urea groups is 1. The van der Waals surface area contributed by atoms with Gasteiger partial charge >= 0.3 is 6.03 Å². The molecule has 6 nitrogen and oxygen atoms in total. The molecule has 2 aromatic carbocycles. The summed E-state index contributed by atoms with van der Waals surface area (Å²) in [5.41, 5.74) is 3.08. The molecule has 0 bridgehead atoms. The van der Waals surface area contributed by atoms with E-state index in [4.69, 9.17) is 21.1 Å². The third kappa shape index (κ3) is 4.26. The number of nitrogens with one attached hydrogen (secondary N) is 2. The average molecular weight is 458 g/mol. The number of nitrogens with zero attached hydrogens (tertiary/aromatic N) is 1. The molecule has 1 saturated carbocycles. The molecule has 1 heterocycles. The van der Waals surface area contributed by atoms with Gasteiger partial charge in [0.2, 0.25) is 0 Å². The summed E-state index contributed by atoms with van der Waals surface area (Å²) >= 11 is 6.03.